The lowest BCUT2D eigenvalue weighted by Gasteiger charge is -2.63. The van der Waals surface area contributed by atoms with Crippen LogP contribution in [-0.4, -0.2) is 0 Å². The molecule has 0 heteroatoms. The molecule has 0 spiro atoms. The first-order valence-electron chi connectivity index (χ1n) is 13.4. The van der Waals surface area contributed by atoms with Crippen molar-refractivity contribution in [3.63, 3.8) is 0 Å². The lowest BCUT2D eigenvalue weighted by atomic mass is 9.41. The van der Waals surface area contributed by atoms with Crippen LogP contribution in [0.3, 0.4) is 0 Å². The summed E-state index contributed by atoms with van der Waals surface area (Å²) in [6.45, 7) is 34.1. The number of allylic oxidation sites excluding steroid dienone is 1. The molecule has 0 aliphatic carbocycles. The lowest BCUT2D eigenvalue weighted by Crippen LogP contribution is -2.56. The summed E-state index contributed by atoms with van der Waals surface area (Å²) in [7, 11) is 0. The van der Waals surface area contributed by atoms with E-state index in [0.717, 1.165) is 17.8 Å². The predicted molar refractivity (Wildman–Crippen MR) is 140 cm³/mol. The smallest absolute Gasteiger partial charge is 0.00341 e. The molecule has 3 unspecified atom stereocenters. The fourth-order valence-corrected chi connectivity index (χ4v) is 7.19. The Morgan fingerprint density at radius 2 is 1.37 bits per heavy atom. The van der Waals surface area contributed by atoms with Crippen molar-refractivity contribution in [2.45, 2.75) is 141 Å². The van der Waals surface area contributed by atoms with Crippen LogP contribution in [0, 0.1) is 39.4 Å². The highest BCUT2D eigenvalue weighted by atomic mass is 14.6. The zero-order valence-corrected chi connectivity index (χ0v) is 23.4. The Balaban J connectivity index is 6.17. The van der Waals surface area contributed by atoms with Gasteiger partial charge in [-0.2, -0.15) is 0 Å². The standard InChI is InChI=1S/C30H60/c1-14-21-29(13,27(10,11)22-19-20-26(15-2)25(8)9)28(12,16-3)30(17-4,18-5)23-24(6)7/h16,24-26H,3,14-15,17-23H2,1-2,4-13H3. The summed E-state index contributed by atoms with van der Waals surface area (Å²) in [5.74, 6) is 2.39. The van der Waals surface area contributed by atoms with Crippen molar-refractivity contribution in [1.29, 1.82) is 0 Å². The van der Waals surface area contributed by atoms with Gasteiger partial charge >= 0.3 is 0 Å². The van der Waals surface area contributed by atoms with Crippen LogP contribution >= 0.6 is 0 Å². The molecular formula is C30H60. The Morgan fingerprint density at radius 3 is 1.70 bits per heavy atom. The molecule has 3 atom stereocenters. The van der Waals surface area contributed by atoms with Crippen molar-refractivity contribution < 1.29 is 0 Å². The van der Waals surface area contributed by atoms with Gasteiger partial charge in [-0.3, -0.25) is 0 Å². The zero-order chi connectivity index (χ0) is 23.8. The first-order chi connectivity index (χ1) is 13.8. The fraction of sp³-hybridized carbons (Fsp3) is 0.933. The topological polar surface area (TPSA) is 0 Å². The van der Waals surface area contributed by atoms with E-state index in [9.17, 15) is 0 Å². The van der Waals surface area contributed by atoms with Crippen LogP contribution in [0.5, 0.6) is 0 Å². The summed E-state index contributed by atoms with van der Waals surface area (Å²) in [4.78, 5) is 0. The van der Waals surface area contributed by atoms with Crippen molar-refractivity contribution in [3.05, 3.63) is 12.7 Å². The van der Waals surface area contributed by atoms with Crippen molar-refractivity contribution in [2.75, 3.05) is 0 Å². The van der Waals surface area contributed by atoms with Crippen molar-refractivity contribution >= 4 is 0 Å². The van der Waals surface area contributed by atoms with E-state index in [-0.39, 0.29) is 16.2 Å². The van der Waals surface area contributed by atoms with E-state index >= 15 is 0 Å². The quantitative estimate of drug-likeness (QED) is 0.218. The molecule has 0 N–H and O–H groups in total. The van der Waals surface area contributed by atoms with Gasteiger partial charge in [-0.05, 0) is 71.5 Å². The minimum absolute atomic E-state index is 0.121. The van der Waals surface area contributed by atoms with Gasteiger partial charge in [-0.25, -0.2) is 0 Å². The van der Waals surface area contributed by atoms with Gasteiger partial charge in [-0.1, -0.05) is 115 Å². The lowest BCUT2D eigenvalue weighted by molar-refractivity contribution is -0.120. The predicted octanol–water partition coefficient (Wildman–Crippen LogP) is 10.7. The Bertz CT molecular complexity index is 478. The molecule has 0 amide bonds. The SMILES string of the molecule is C=CC(C)(C(CC)(CC)CC(C)C)C(C)(CCC)C(C)(C)CCCC(CC)C(C)C. The van der Waals surface area contributed by atoms with Crippen LogP contribution < -0.4 is 0 Å². The molecule has 0 saturated carbocycles. The van der Waals surface area contributed by atoms with E-state index in [4.69, 9.17) is 0 Å². The molecule has 0 fully saturated rings. The molecule has 0 bridgehead atoms. The number of hydrogen-bond acceptors (Lipinski definition) is 0. The molecule has 180 valence electrons. The molecular weight excluding hydrogens is 360 g/mol. The summed E-state index contributed by atoms with van der Waals surface area (Å²) < 4.78 is 0. The summed E-state index contributed by atoms with van der Waals surface area (Å²) in [5, 5.41) is 0. The van der Waals surface area contributed by atoms with Gasteiger partial charge in [0, 0.05) is 0 Å². The summed E-state index contributed by atoms with van der Waals surface area (Å²) in [6.07, 6.45) is 14.1. The fourth-order valence-electron chi connectivity index (χ4n) is 7.19. The van der Waals surface area contributed by atoms with Gasteiger partial charge in [-0.15, -0.1) is 6.58 Å². The number of rotatable bonds is 16. The molecule has 30 heavy (non-hydrogen) atoms. The minimum atomic E-state index is 0.121. The molecule has 0 aromatic carbocycles. The maximum Gasteiger partial charge on any atom is -0.00341 e. The Labute approximate surface area is 193 Å². The van der Waals surface area contributed by atoms with Gasteiger partial charge in [0.15, 0.2) is 0 Å². The van der Waals surface area contributed by atoms with Crippen LogP contribution in [0.25, 0.3) is 0 Å². The highest BCUT2D eigenvalue weighted by molar-refractivity contribution is 5.15. The molecule has 0 nitrogen and oxygen atoms in total. The molecule has 0 heterocycles. The third kappa shape index (κ3) is 5.95. The molecule has 0 aromatic heterocycles. The van der Waals surface area contributed by atoms with Gasteiger partial charge in [0.2, 0.25) is 0 Å². The average Bonchev–Trinajstić information content (AvgIpc) is 2.68. The third-order valence-corrected chi connectivity index (χ3v) is 9.90. The van der Waals surface area contributed by atoms with Crippen LogP contribution in [-0.2, 0) is 0 Å². The van der Waals surface area contributed by atoms with Crippen molar-refractivity contribution in [1.82, 2.24) is 0 Å². The monoisotopic (exact) mass is 420 g/mol. The van der Waals surface area contributed by atoms with E-state index in [1.165, 1.54) is 57.8 Å². The first kappa shape index (κ1) is 29.7. The molecule has 0 aromatic rings. The average molecular weight is 421 g/mol. The highest BCUT2D eigenvalue weighted by Gasteiger charge is 2.59. The van der Waals surface area contributed by atoms with Crippen molar-refractivity contribution in [3.8, 4) is 0 Å². The van der Waals surface area contributed by atoms with Crippen LogP contribution in [0.4, 0.5) is 0 Å². The summed E-state index contributed by atoms with van der Waals surface area (Å²) >= 11 is 0. The first-order valence-corrected chi connectivity index (χ1v) is 13.4. The second kappa shape index (κ2) is 12.1. The molecule has 0 aliphatic heterocycles. The third-order valence-electron chi connectivity index (χ3n) is 9.90. The highest BCUT2D eigenvalue weighted by Crippen LogP contribution is 2.66. The second-order valence-corrected chi connectivity index (χ2v) is 12.3. The van der Waals surface area contributed by atoms with Crippen LogP contribution in [0.15, 0.2) is 12.7 Å². The molecule has 0 radical (unpaired) electrons. The molecule has 0 aliphatic rings. The van der Waals surface area contributed by atoms with Crippen LogP contribution in [0.1, 0.15) is 141 Å². The Hall–Kier alpha value is -0.260. The second-order valence-electron chi connectivity index (χ2n) is 12.3. The van der Waals surface area contributed by atoms with Crippen molar-refractivity contribution in [2.24, 2.45) is 39.4 Å². The van der Waals surface area contributed by atoms with Gasteiger partial charge in [0.25, 0.3) is 0 Å². The van der Waals surface area contributed by atoms with E-state index in [1.54, 1.807) is 0 Å². The largest absolute Gasteiger partial charge is 0.102 e. The minimum Gasteiger partial charge on any atom is -0.102 e. The maximum atomic E-state index is 4.51. The van der Waals surface area contributed by atoms with Gasteiger partial charge in [0.1, 0.15) is 0 Å². The summed E-state index contributed by atoms with van der Waals surface area (Å²) in [6, 6.07) is 0. The Kier molecular flexibility index (Phi) is 12.0. The molecule has 0 saturated heterocycles. The Morgan fingerprint density at radius 1 is 0.833 bits per heavy atom. The van der Waals surface area contributed by atoms with E-state index in [1.807, 2.05) is 0 Å². The zero-order valence-electron chi connectivity index (χ0n) is 23.4. The number of hydrogen-bond donors (Lipinski definition) is 0. The molecule has 0 rings (SSSR count). The van der Waals surface area contributed by atoms with E-state index in [0.29, 0.717) is 5.41 Å². The van der Waals surface area contributed by atoms with E-state index < -0.39 is 0 Å². The van der Waals surface area contributed by atoms with Gasteiger partial charge in [0.05, 0.1) is 0 Å². The van der Waals surface area contributed by atoms with Crippen LogP contribution in [0.2, 0.25) is 0 Å². The van der Waals surface area contributed by atoms with E-state index in [2.05, 4.69) is 95.7 Å². The van der Waals surface area contributed by atoms with Gasteiger partial charge < -0.3 is 0 Å². The maximum absolute atomic E-state index is 4.51. The normalized spacial score (nSPS) is 18.3. The summed E-state index contributed by atoms with van der Waals surface area (Å²) in [5.41, 5.74) is 0.953.